The van der Waals surface area contributed by atoms with Crippen molar-refractivity contribution in [2.75, 3.05) is 25.0 Å². The molecular weight excluding hydrogens is 228 g/mol. The summed E-state index contributed by atoms with van der Waals surface area (Å²) in [5.74, 6) is 0.210. The van der Waals surface area contributed by atoms with Crippen molar-refractivity contribution in [3.8, 4) is 0 Å². The molecule has 100 valence electrons. The molecule has 1 aromatic carbocycles. The van der Waals surface area contributed by atoms with E-state index in [2.05, 4.69) is 10.6 Å². The van der Waals surface area contributed by atoms with Crippen LogP contribution < -0.4 is 10.6 Å². The lowest BCUT2D eigenvalue weighted by Gasteiger charge is -2.13. The number of hydrogen-bond donors (Lipinski definition) is 3. The summed E-state index contributed by atoms with van der Waals surface area (Å²) in [6.07, 6.45) is 0.704. The Balaban J connectivity index is 2.60. The summed E-state index contributed by atoms with van der Waals surface area (Å²) in [5, 5.41) is 14.9. The quantitative estimate of drug-likeness (QED) is 0.692. The minimum Gasteiger partial charge on any atom is -0.396 e. The van der Waals surface area contributed by atoms with E-state index in [0.29, 0.717) is 18.5 Å². The summed E-state index contributed by atoms with van der Waals surface area (Å²) < 4.78 is 0. The predicted octanol–water partition coefficient (Wildman–Crippen LogP) is 1.87. The molecule has 0 saturated heterocycles. The summed E-state index contributed by atoms with van der Waals surface area (Å²) in [5.41, 5.74) is 1.52. The van der Waals surface area contributed by atoms with Gasteiger partial charge in [0, 0.05) is 25.4 Å². The van der Waals surface area contributed by atoms with E-state index >= 15 is 0 Å². The molecule has 0 saturated carbocycles. The number of anilines is 1. The first-order valence-electron chi connectivity index (χ1n) is 6.41. The molecule has 0 spiro atoms. The number of benzene rings is 1. The monoisotopic (exact) mass is 250 g/mol. The lowest BCUT2D eigenvalue weighted by Crippen LogP contribution is -2.29. The van der Waals surface area contributed by atoms with Crippen molar-refractivity contribution < 1.29 is 9.90 Å². The lowest BCUT2D eigenvalue weighted by atomic mass is 10.1. The van der Waals surface area contributed by atoms with E-state index in [1.54, 1.807) is 0 Å². The first-order valence-corrected chi connectivity index (χ1v) is 6.41. The minimum atomic E-state index is -0.0728. The van der Waals surface area contributed by atoms with E-state index < -0.39 is 0 Å². The molecule has 1 atom stereocenters. The van der Waals surface area contributed by atoms with Crippen LogP contribution in [0.25, 0.3) is 0 Å². The van der Waals surface area contributed by atoms with Gasteiger partial charge in [0.2, 0.25) is 0 Å². The lowest BCUT2D eigenvalue weighted by molar-refractivity contribution is 0.0946. The number of aliphatic hydroxyl groups is 1. The van der Waals surface area contributed by atoms with Crippen LogP contribution in [0.4, 0.5) is 5.69 Å². The van der Waals surface area contributed by atoms with Crippen molar-refractivity contribution in [2.24, 2.45) is 5.92 Å². The Morgan fingerprint density at radius 3 is 2.78 bits per heavy atom. The molecule has 3 N–H and O–H groups in total. The number of para-hydroxylation sites is 1. The maximum absolute atomic E-state index is 12.0. The highest BCUT2D eigenvalue weighted by atomic mass is 16.3. The van der Waals surface area contributed by atoms with E-state index in [1.807, 2.05) is 38.1 Å². The zero-order valence-corrected chi connectivity index (χ0v) is 11.1. The first kappa shape index (κ1) is 14.5. The van der Waals surface area contributed by atoms with Crippen LogP contribution in [0.15, 0.2) is 24.3 Å². The number of nitrogens with one attached hydrogen (secondary N) is 2. The molecule has 18 heavy (non-hydrogen) atoms. The predicted molar refractivity (Wildman–Crippen MR) is 73.8 cm³/mol. The summed E-state index contributed by atoms with van der Waals surface area (Å²) >= 11 is 0. The van der Waals surface area contributed by atoms with Crippen LogP contribution in [0, 0.1) is 5.92 Å². The fraction of sp³-hybridized carbons (Fsp3) is 0.500. The number of carbonyl (C=O) groups excluding carboxylic acids is 1. The van der Waals surface area contributed by atoms with Crippen LogP contribution in [0.3, 0.4) is 0 Å². The normalized spacial score (nSPS) is 11.9. The highest BCUT2D eigenvalue weighted by Crippen LogP contribution is 2.14. The molecule has 1 unspecified atom stereocenters. The summed E-state index contributed by atoms with van der Waals surface area (Å²) in [6.45, 7) is 5.53. The van der Waals surface area contributed by atoms with Crippen LogP contribution in [0.1, 0.15) is 30.6 Å². The fourth-order valence-corrected chi connectivity index (χ4v) is 1.71. The second kappa shape index (κ2) is 7.71. The number of aliphatic hydroxyl groups excluding tert-OH is 1. The van der Waals surface area contributed by atoms with Gasteiger partial charge < -0.3 is 15.7 Å². The van der Waals surface area contributed by atoms with Crippen LogP contribution in [-0.2, 0) is 0 Å². The summed E-state index contributed by atoms with van der Waals surface area (Å²) in [7, 11) is 0. The van der Waals surface area contributed by atoms with Gasteiger partial charge in [0.25, 0.3) is 5.91 Å². The third kappa shape index (κ3) is 4.37. The Morgan fingerprint density at radius 2 is 2.11 bits per heavy atom. The molecule has 0 aromatic heterocycles. The Hall–Kier alpha value is -1.55. The van der Waals surface area contributed by atoms with Crippen LogP contribution in [0.2, 0.25) is 0 Å². The SMILES string of the molecule is CCNc1ccccc1C(=O)NCC(C)CCO. The Labute approximate surface area is 108 Å². The van der Waals surface area contributed by atoms with Gasteiger partial charge in [-0.1, -0.05) is 19.1 Å². The first-order chi connectivity index (χ1) is 8.69. The van der Waals surface area contributed by atoms with E-state index in [9.17, 15) is 4.79 Å². The standard InChI is InChI=1S/C14H22N2O2/c1-3-15-13-7-5-4-6-12(13)14(18)16-10-11(2)8-9-17/h4-7,11,15,17H,3,8-10H2,1-2H3,(H,16,18). The molecule has 0 bridgehead atoms. The van der Waals surface area contributed by atoms with E-state index in [4.69, 9.17) is 5.11 Å². The number of carbonyl (C=O) groups is 1. The van der Waals surface area contributed by atoms with Gasteiger partial charge in [-0.05, 0) is 31.4 Å². The van der Waals surface area contributed by atoms with Gasteiger partial charge in [-0.2, -0.15) is 0 Å². The molecule has 4 nitrogen and oxygen atoms in total. The van der Waals surface area contributed by atoms with Gasteiger partial charge in [0.1, 0.15) is 0 Å². The van der Waals surface area contributed by atoms with Gasteiger partial charge in [-0.3, -0.25) is 4.79 Å². The van der Waals surface area contributed by atoms with E-state index in [-0.39, 0.29) is 18.4 Å². The summed E-state index contributed by atoms with van der Waals surface area (Å²) in [4.78, 5) is 12.0. The van der Waals surface area contributed by atoms with E-state index in [0.717, 1.165) is 12.2 Å². The fourth-order valence-electron chi connectivity index (χ4n) is 1.71. The van der Waals surface area contributed by atoms with Gasteiger partial charge in [0.15, 0.2) is 0 Å². The molecule has 0 aliphatic heterocycles. The molecule has 1 amide bonds. The maximum Gasteiger partial charge on any atom is 0.253 e. The molecule has 0 fully saturated rings. The van der Waals surface area contributed by atoms with Crippen molar-refractivity contribution in [3.63, 3.8) is 0 Å². The smallest absolute Gasteiger partial charge is 0.253 e. The van der Waals surface area contributed by atoms with Gasteiger partial charge in [-0.15, -0.1) is 0 Å². The van der Waals surface area contributed by atoms with Gasteiger partial charge in [0.05, 0.1) is 5.56 Å². The average molecular weight is 250 g/mol. The van der Waals surface area contributed by atoms with Crippen LogP contribution in [0.5, 0.6) is 0 Å². The van der Waals surface area contributed by atoms with Crippen LogP contribution in [-0.4, -0.2) is 30.7 Å². The number of rotatable bonds is 7. The zero-order chi connectivity index (χ0) is 13.4. The highest BCUT2D eigenvalue weighted by Gasteiger charge is 2.11. The zero-order valence-electron chi connectivity index (χ0n) is 11.1. The second-order valence-corrected chi connectivity index (χ2v) is 4.40. The Kier molecular flexibility index (Phi) is 6.22. The van der Waals surface area contributed by atoms with Crippen molar-refractivity contribution in [2.45, 2.75) is 20.3 Å². The van der Waals surface area contributed by atoms with Crippen molar-refractivity contribution in [1.29, 1.82) is 0 Å². The Bertz CT molecular complexity index is 380. The highest BCUT2D eigenvalue weighted by molar-refractivity contribution is 5.99. The van der Waals surface area contributed by atoms with Crippen molar-refractivity contribution >= 4 is 11.6 Å². The molecule has 1 rings (SSSR count). The number of hydrogen-bond acceptors (Lipinski definition) is 3. The van der Waals surface area contributed by atoms with E-state index in [1.165, 1.54) is 0 Å². The third-order valence-electron chi connectivity index (χ3n) is 2.77. The number of amides is 1. The average Bonchev–Trinajstić information content (AvgIpc) is 2.37. The molecule has 0 radical (unpaired) electrons. The topological polar surface area (TPSA) is 61.4 Å². The molecule has 0 aliphatic carbocycles. The summed E-state index contributed by atoms with van der Waals surface area (Å²) in [6, 6.07) is 7.47. The Morgan fingerprint density at radius 1 is 1.39 bits per heavy atom. The van der Waals surface area contributed by atoms with Crippen LogP contribution >= 0.6 is 0 Å². The largest absolute Gasteiger partial charge is 0.396 e. The molecule has 1 aromatic rings. The van der Waals surface area contributed by atoms with Gasteiger partial charge in [-0.25, -0.2) is 0 Å². The third-order valence-corrected chi connectivity index (χ3v) is 2.77. The maximum atomic E-state index is 12.0. The molecule has 0 heterocycles. The van der Waals surface area contributed by atoms with Gasteiger partial charge >= 0.3 is 0 Å². The molecule has 0 aliphatic rings. The molecular formula is C14H22N2O2. The minimum absolute atomic E-state index is 0.0728. The molecule has 4 heteroatoms. The van der Waals surface area contributed by atoms with Crippen molar-refractivity contribution in [1.82, 2.24) is 5.32 Å². The second-order valence-electron chi connectivity index (χ2n) is 4.40. The van der Waals surface area contributed by atoms with Crippen molar-refractivity contribution in [3.05, 3.63) is 29.8 Å².